The molecule has 0 atom stereocenters. The van der Waals surface area contributed by atoms with E-state index in [1.807, 2.05) is 7.05 Å². The van der Waals surface area contributed by atoms with E-state index in [4.69, 9.17) is 0 Å². The number of hydrogen-bond acceptors (Lipinski definition) is 4. The number of nitrogens with zero attached hydrogens (tertiary/aromatic N) is 3. The Balaban J connectivity index is 2.00. The fourth-order valence-corrected chi connectivity index (χ4v) is 2.47. The van der Waals surface area contributed by atoms with Crippen LogP contribution in [0.25, 0.3) is 0 Å². The third-order valence-corrected chi connectivity index (χ3v) is 3.55. The van der Waals surface area contributed by atoms with Gasteiger partial charge >= 0.3 is 0 Å². The summed E-state index contributed by atoms with van der Waals surface area (Å²) in [6.45, 7) is 0.778. The Bertz CT molecular complexity index is 330. The monoisotopic (exact) mass is 234 g/mol. The Kier molecular flexibility index (Phi) is 4.31. The number of aromatic nitrogens is 2. The lowest BCUT2D eigenvalue weighted by molar-refractivity contribution is 0.425. The summed E-state index contributed by atoms with van der Waals surface area (Å²) < 4.78 is 0. The van der Waals surface area contributed by atoms with Gasteiger partial charge in [0.05, 0.1) is 5.69 Å². The summed E-state index contributed by atoms with van der Waals surface area (Å²) in [4.78, 5) is 2.29. The van der Waals surface area contributed by atoms with E-state index in [2.05, 4.69) is 39.6 Å². The smallest absolute Gasteiger partial charge is 0.151 e. The van der Waals surface area contributed by atoms with Crippen molar-refractivity contribution in [2.45, 2.75) is 44.7 Å². The van der Waals surface area contributed by atoms with Crippen LogP contribution in [-0.4, -0.2) is 30.3 Å². The van der Waals surface area contributed by atoms with Crippen molar-refractivity contribution in [2.75, 3.05) is 19.0 Å². The maximum Gasteiger partial charge on any atom is 0.151 e. The van der Waals surface area contributed by atoms with Crippen LogP contribution < -0.4 is 10.2 Å². The zero-order valence-corrected chi connectivity index (χ0v) is 10.8. The third-order valence-electron chi connectivity index (χ3n) is 3.55. The summed E-state index contributed by atoms with van der Waals surface area (Å²) in [5.74, 6) is 0.997. The molecule has 0 saturated heterocycles. The Hall–Kier alpha value is -1.16. The lowest BCUT2D eigenvalue weighted by Crippen LogP contribution is -2.34. The first-order valence-corrected chi connectivity index (χ1v) is 6.51. The summed E-state index contributed by atoms with van der Waals surface area (Å²) in [5.41, 5.74) is 0.994. The van der Waals surface area contributed by atoms with E-state index in [-0.39, 0.29) is 0 Å². The fourth-order valence-electron chi connectivity index (χ4n) is 2.47. The van der Waals surface area contributed by atoms with E-state index in [0.717, 1.165) is 18.1 Å². The van der Waals surface area contributed by atoms with E-state index >= 15 is 0 Å². The topological polar surface area (TPSA) is 41.0 Å². The van der Waals surface area contributed by atoms with Gasteiger partial charge in [-0.05, 0) is 32.0 Å². The Morgan fingerprint density at radius 3 is 2.59 bits per heavy atom. The second kappa shape index (κ2) is 5.96. The van der Waals surface area contributed by atoms with E-state index in [9.17, 15) is 0 Å². The lowest BCUT2D eigenvalue weighted by Gasteiger charge is -2.31. The molecule has 4 nitrogen and oxygen atoms in total. The molecule has 0 unspecified atom stereocenters. The van der Waals surface area contributed by atoms with Crippen molar-refractivity contribution in [1.82, 2.24) is 15.5 Å². The van der Waals surface area contributed by atoms with Crippen molar-refractivity contribution in [3.05, 3.63) is 17.8 Å². The predicted molar refractivity (Wildman–Crippen MR) is 70.1 cm³/mol. The van der Waals surface area contributed by atoms with Crippen molar-refractivity contribution in [1.29, 1.82) is 0 Å². The molecule has 1 fully saturated rings. The van der Waals surface area contributed by atoms with Gasteiger partial charge < -0.3 is 10.2 Å². The van der Waals surface area contributed by atoms with Crippen molar-refractivity contribution in [3.8, 4) is 0 Å². The van der Waals surface area contributed by atoms with Crippen LogP contribution in [-0.2, 0) is 6.54 Å². The third kappa shape index (κ3) is 3.16. The molecule has 1 saturated carbocycles. The minimum absolute atomic E-state index is 0.646. The van der Waals surface area contributed by atoms with Gasteiger partial charge in [-0.15, -0.1) is 5.10 Å². The molecule has 0 spiro atoms. The molecule has 4 heteroatoms. The average molecular weight is 234 g/mol. The van der Waals surface area contributed by atoms with Crippen LogP contribution in [0.15, 0.2) is 12.1 Å². The number of rotatable bonds is 4. The molecule has 1 N–H and O–H groups in total. The highest BCUT2D eigenvalue weighted by atomic mass is 15.3. The number of anilines is 1. The van der Waals surface area contributed by atoms with Crippen LogP contribution in [0.1, 0.15) is 37.8 Å². The molecule has 94 valence electrons. The molecule has 0 radical (unpaired) electrons. The molecule has 0 aromatic carbocycles. The van der Waals surface area contributed by atoms with Crippen LogP contribution in [0.5, 0.6) is 0 Å². The van der Waals surface area contributed by atoms with Gasteiger partial charge in [-0.25, -0.2) is 0 Å². The highest BCUT2D eigenvalue weighted by Gasteiger charge is 2.19. The largest absolute Gasteiger partial charge is 0.355 e. The lowest BCUT2D eigenvalue weighted by atomic mass is 9.94. The quantitative estimate of drug-likeness (QED) is 0.864. The minimum atomic E-state index is 0.646. The molecule has 1 heterocycles. The summed E-state index contributed by atoms with van der Waals surface area (Å²) >= 11 is 0. The maximum atomic E-state index is 4.31. The zero-order chi connectivity index (χ0) is 12.1. The minimum Gasteiger partial charge on any atom is -0.355 e. The predicted octanol–water partition coefficient (Wildman–Crippen LogP) is 1.96. The molecule has 0 amide bonds. The number of nitrogens with one attached hydrogen (secondary N) is 1. The zero-order valence-electron chi connectivity index (χ0n) is 10.8. The first kappa shape index (κ1) is 12.3. The van der Waals surface area contributed by atoms with E-state index in [0.29, 0.717) is 6.04 Å². The fraction of sp³-hybridized carbons (Fsp3) is 0.692. The molecule has 1 aromatic heterocycles. The molecule has 1 aliphatic carbocycles. The summed E-state index contributed by atoms with van der Waals surface area (Å²) in [6.07, 6.45) is 6.66. The molecule has 17 heavy (non-hydrogen) atoms. The van der Waals surface area contributed by atoms with Crippen LogP contribution in [0, 0.1) is 0 Å². The van der Waals surface area contributed by atoms with E-state index in [1.54, 1.807) is 0 Å². The molecule has 2 rings (SSSR count). The Morgan fingerprint density at radius 1 is 1.24 bits per heavy atom. The van der Waals surface area contributed by atoms with E-state index in [1.165, 1.54) is 32.1 Å². The molecular weight excluding hydrogens is 212 g/mol. The molecule has 0 aliphatic heterocycles. The van der Waals surface area contributed by atoms with Gasteiger partial charge in [0.2, 0.25) is 0 Å². The van der Waals surface area contributed by atoms with Crippen LogP contribution in [0.3, 0.4) is 0 Å². The maximum absolute atomic E-state index is 4.31. The molecular formula is C13H22N4. The number of hydrogen-bond donors (Lipinski definition) is 1. The molecule has 1 aliphatic rings. The van der Waals surface area contributed by atoms with Crippen molar-refractivity contribution in [3.63, 3.8) is 0 Å². The summed E-state index contributed by atoms with van der Waals surface area (Å²) in [6, 6.07) is 4.78. The highest BCUT2D eigenvalue weighted by Crippen LogP contribution is 2.24. The second-order valence-corrected chi connectivity index (χ2v) is 4.82. The van der Waals surface area contributed by atoms with Gasteiger partial charge in [0.1, 0.15) is 0 Å². The van der Waals surface area contributed by atoms with Crippen LogP contribution >= 0.6 is 0 Å². The van der Waals surface area contributed by atoms with Crippen molar-refractivity contribution >= 4 is 5.82 Å². The van der Waals surface area contributed by atoms with Gasteiger partial charge in [-0.2, -0.15) is 5.10 Å². The first-order chi connectivity index (χ1) is 8.31. The standard InChI is InChI=1S/C13H22N4/c1-14-10-11-8-9-13(16-15-11)17(2)12-6-4-3-5-7-12/h8-9,12,14H,3-7,10H2,1-2H3. The van der Waals surface area contributed by atoms with Gasteiger partial charge in [0, 0.05) is 19.6 Å². The van der Waals surface area contributed by atoms with Gasteiger partial charge in [-0.3, -0.25) is 0 Å². The van der Waals surface area contributed by atoms with Crippen LogP contribution in [0.2, 0.25) is 0 Å². The Labute approximate surface area is 103 Å². The summed E-state index contributed by atoms with van der Waals surface area (Å²) in [5, 5.41) is 11.6. The van der Waals surface area contributed by atoms with E-state index < -0.39 is 0 Å². The first-order valence-electron chi connectivity index (χ1n) is 6.51. The molecule has 0 bridgehead atoms. The van der Waals surface area contributed by atoms with Gasteiger partial charge in [-0.1, -0.05) is 19.3 Å². The van der Waals surface area contributed by atoms with Crippen molar-refractivity contribution < 1.29 is 0 Å². The van der Waals surface area contributed by atoms with Gasteiger partial charge in [0.15, 0.2) is 5.82 Å². The normalized spacial score (nSPS) is 17.1. The Morgan fingerprint density at radius 2 is 2.00 bits per heavy atom. The van der Waals surface area contributed by atoms with Gasteiger partial charge in [0.25, 0.3) is 0 Å². The van der Waals surface area contributed by atoms with Crippen LogP contribution in [0.4, 0.5) is 5.82 Å². The SMILES string of the molecule is CNCc1ccc(N(C)C2CCCCC2)nn1. The highest BCUT2D eigenvalue weighted by molar-refractivity contribution is 5.37. The van der Waals surface area contributed by atoms with Crippen molar-refractivity contribution in [2.24, 2.45) is 0 Å². The summed E-state index contributed by atoms with van der Waals surface area (Å²) in [7, 11) is 4.06. The average Bonchev–Trinajstić information content (AvgIpc) is 2.40. The molecule has 1 aromatic rings. The second-order valence-electron chi connectivity index (χ2n) is 4.82.